The zero-order valence-corrected chi connectivity index (χ0v) is 7.52. The first-order chi connectivity index (χ1) is 6.24. The van der Waals surface area contributed by atoms with Gasteiger partial charge in [0.1, 0.15) is 0 Å². The van der Waals surface area contributed by atoms with Gasteiger partial charge in [0, 0.05) is 0 Å². The summed E-state index contributed by atoms with van der Waals surface area (Å²) in [6.45, 7) is 1.45. The lowest BCUT2D eigenvalue weighted by Crippen LogP contribution is -2.40. The van der Waals surface area contributed by atoms with Gasteiger partial charge in [0.15, 0.2) is 6.23 Å². The molecular formula is C7H15NO5. The van der Waals surface area contributed by atoms with Gasteiger partial charge < -0.3 is 19.7 Å². The smallest absolute Gasteiger partial charge is 0.409 e. The largest absolute Gasteiger partial charge is 0.450 e. The topological polar surface area (TPSA) is 88.0 Å². The van der Waals surface area contributed by atoms with Gasteiger partial charge in [-0.3, -0.25) is 5.32 Å². The molecule has 0 bridgehead atoms. The number of aliphatic hydroxyl groups is 2. The molecule has 0 aromatic heterocycles. The average molecular weight is 193 g/mol. The highest BCUT2D eigenvalue weighted by molar-refractivity contribution is 5.67. The summed E-state index contributed by atoms with van der Waals surface area (Å²) < 4.78 is 9.40. The van der Waals surface area contributed by atoms with E-state index in [2.05, 4.69) is 10.1 Å². The SMILES string of the molecule is CCOC(=O)NC(CO)OCCO. The van der Waals surface area contributed by atoms with Gasteiger partial charge in [-0.15, -0.1) is 0 Å². The summed E-state index contributed by atoms with van der Waals surface area (Å²) in [5.74, 6) is 0. The Hall–Kier alpha value is -0.850. The van der Waals surface area contributed by atoms with Crippen molar-refractivity contribution in [2.45, 2.75) is 13.2 Å². The zero-order chi connectivity index (χ0) is 10.1. The molecule has 0 aromatic rings. The Kier molecular flexibility index (Phi) is 7.27. The number of aliphatic hydroxyl groups excluding tert-OH is 2. The van der Waals surface area contributed by atoms with Crippen molar-refractivity contribution in [2.24, 2.45) is 0 Å². The van der Waals surface area contributed by atoms with E-state index >= 15 is 0 Å². The molecule has 13 heavy (non-hydrogen) atoms. The quantitative estimate of drug-likeness (QED) is 0.474. The fourth-order valence-electron chi connectivity index (χ4n) is 0.639. The predicted octanol–water partition coefficient (Wildman–Crippen LogP) is -0.940. The summed E-state index contributed by atoms with van der Waals surface area (Å²) >= 11 is 0. The van der Waals surface area contributed by atoms with E-state index in [4.69, 9.17) is 14.9 Å². The Labute approximate surface area is 76.5 Å². The van der Waals surface area contributed by atoms with E-state index < -0.39 is 12.3 Å². The number of carbonyl (C=O) groups excluding carboxylic acids is 1. The van der Waals surface area contributed by atoms with Crippen molar-refractivity contribution in [1.29, 1.82) is 0 Å². The molecule has 0 spiro atoms. The van der Waals surface area contributed by atoms with Gasteiger partial charge in [-0.2, -0.15) is 0 Å². The molecule has 0 radical (unpaired) electrons. The maximum Gasteiger partial charge on any atom is 0.409 e. The van der Waals surface area contributed by atoms with Gasteiger partial charge in [0.25, 0.3) is 0 Å². The average Bonchev–Trinajstić information content (AvgIpc) is 2.12. The van der Waals surface area contributed by atoms with Crippen LogP contribution in [-0.4, -0.2) is 49.0 Å². The number of nitrogens with one attached hydrogen (secondary N) is 1. The van der Waals surface area contributed by atoms with Crippen LogP contribution in [0.2, 0.25) is 0 Å². The summed E-state index contributed by atoms with van der Waals surface area (Å²) in [5, 5.41) is 19.3. The van der Waals surface area contributed by atoms with Crippen LogP contribution in [0.15, 0.2) is 0 Å². The van der Waals surface area contributed by atoms with Crippen LogP contribution in [0.25, 0.3) is 0 Å². The Morgan fingerprint density at radius 3 is 2.69 bits per heavy atom. The van der Waals surface area contributed by atoms with Crippen LogP contribution in [0.4, 0.5) is 4.79 Å². The maximum atomic E-state index is 10.8. The van der Waals surface area contributed by atoms with E-state index in [1.165, 1.54) is 0 Å². The van der Waals surface area contributed by atoms with E-state index in [9.17, 15) is 4.79 Å². The lowest BCUT2D eigenvalue weighted by Gasteiger charge is -2.15. The number of hydrogen-bond donors (Lipinski definition) is 3. The number of hydrogen-bond acceptors (Lipinski definition) is 5. The van der Waals surface area contributed by atoms with Crippen molar-refractivity contribution in [3.63, 3.8) is 0 Å². The summed E-state index contributed by atoms with van der Waals surface area (Å²) in [6, 6.07) is 0. The molecule has 1 atom stereocenters. The third-order valence-electron chi connectivity index (χ3n) is 1.13. The van der Waals surface area contributed by atoms with Crippen molar-refractivity contribution in [3.05, 3.63) is 0 Å². The van der Waals surface area contributed by atoms with Crippen LogP contribution >= 0.6 is 0 Å². The first-order valence-electron chi connectivity index (χ1n) is 4.01. The molecule has 0 saturated heterocycles. The highest BCUT2D eigenvalue weighted by atomic mass is 16.6. The second-order valence-electron chi connectivity index (χ2n) is 2.13. The minimum atomic E-state index is -0.828. The molecule has 0 aliphatic heterocycles. The molecule has 6 heteroatoms. The Balaban J connectivity index is 3.62. The summed E-state index contributed by atoms with van der Waals surface area (Å²) in [4.78, 5) is 10.8. The van der Waals surface area contributed by atoms with Crippen LogP contribution in [0.1, 0.15) is 6.92 Å². The number of rotatable bonds is 6. The molecule has 0 rings (SSSR count). The molecular weight excluding hydrogens is 178 g/mol. The van der Waals surface area contributed by atoms with Crippen LogP contribution in [0, 0.1) is 0 Å². The van der Waals surface area contributed by atoms with Gasteiger partial charge in [-0.05, 0) is 6.92 Å². The monoisotopic (exact) mass is 193 g/mol. The molecule has 0 fully saturated rings. The molecule has 0 aromatic carbocycles. The molecule has 1 unspecified atom stereocenters. The molecule has 0 heterocycles. The first-order valence-corrected chi connectivity index (χ1v) is 4.01. The normalized spacial score (nSPS) is 12.2. The van der Waals surface area contributed by atoms with E-state index in [0.29, 0.717) is 0 Å². The highest BCUT2D eigenvalue weighted by Gasteiger charge is 2.10. The van der Waals surface area contributed by atoms with Gasteiger partial charge in [-0.1, -0.05) is 0 Å². The van der Waals surface area contributed by atoms with E-state index in [1.807, 2.05) is 0 Å². The Bertz CT molecular complexity index is 141. The van der Waals surface area contributed by atoms with E-state index in [1.54, 1.807) is 6.92 Å². The third kappa shape index (κ3) is 6.32. The molecule has 0 saturated carbocycles. The molecule has 1 amide bonds. The van der Waals surface area contributed by atoms with Gasteiger partial charge in [0.2, 0.25) is 0 Å². The van der Waals surface area contributed by atoms with Gasteiger partial charge >= 0.3 is 6.09 Å². The lowest BCUT2D eigenvalue weighted by atomic mass is 10.6. The number of carbonyl (C=O) groups is 1. The number of alkyl carbamates (subject to hydrolysis) is 1. The standard InChI is InChI=1S/C7H15NO5/c1-2-12-7(11)8-6(5-10)13-4-3-9/h6,9-10H,2-5H2,1H3,(H,8,11). The fraction of sp³-hybridized carbons (Fsp3) is 0.857. The van der Waals surface area contributed by atoms with Crippen LogP contribution in [0.3, 0.4) is 0 Å². The molecule has 6 nitrogen and oxygen atoms in total. The molecule has 0 aliphatic carbocycles. The van der Waals surface area contributed by atoms with Crippen molar-refractivity contribution in [2.75, 3.05) is 26.4 Å². The van der Waals surface area contributed by atoms with E-state index in [-0.39, 0.29) is 26.4 Å². The lowest BCUT2D eigenvalue weighted by molar-refractivity contribution is -0.0210. The Morgan fingerprint density at radius 2 is 2.23 bits per heavy atom. The van der Waals surface area contributed by atoms with Crippen LogP contribution in [0.5, 0.6) is 0 Å². The molecule has 3 N–H and O–H groups in total. The summed E-state index contributed by atoms with van der Waals surface area (Å²) in [6.07, 6.45) is -1.48. The number of amides is 1. The predicted molar refractivity (Wildman–Crippen MR) is 44.1 cm³/mol. The fourth-order valence-corrected chi connectivity index (χ4v) is 0.639. The highest BCUT2D eigenvalue weighted by Crippen LogP contribution is 1.87. The first kappa shape index (κ1) is 12.2. The van der Waals surface area contributed by atoms with Gasteiger partial charge in [0.05, 0.1) is 26.4 Å². The van der Waals surface area contributed by atoms with Crippen molar-refractivity contribution < 1.29 is 24.5 Å². The van der Waals surface area contributed by atoms with Crippen LogP contribution in [-0.2, 0) is 9.47 Å². The third-order valence-corrected chi connectivity index (χ3v) is 1.13. The minimum Gasteiger partial charge on any atom is -0.450 e. The number of ether oxygens (including phenoxy) is 2. The van der Waals surface area contributed by atoms with Crippen molar-refractivity contribution in [1.82, 2.24) is 5.32 Å². The second kappa shape index (κ2) is 7.78. The van der Waals surface area contributed by atoms with Gasteiger partial charge in [-0.25, -0.2) is 4.79 Å². The molecule has 0 aliphatic rings. The van der Waals surface area contributed by atoms with Crippen molar-refractivity contribution >= 4 is 6.09 Å². The maximum absolute atomic E-state index is 10.8. The van der Waals surface area contributed by atoms with Crippen LogP contribution < -0.4 is 5.32 Å². The van der Waals surface area contributed by atoms with Crippen molar-refractivity contribution in [3.8, 4) is 0 Å². The second-order valence-corrected chi connectivity index (χ2v) is 2.13. The minimum absolute atomic E-state index is 0.0532. The molecule has 78 valence electrons. The summed E-state index contributed by atoms with van der Waals surface area (Å²) in [7, 11) is 0. The Morgan fingerprint density at radius 1 is 1.54 bits per heavy atom. The summed E-state index contributed by atoms with van der Waals surface area (Å²) in [5.41, 5.74) is 0. The van der Waals surface area contributed by atoms with E-state index in [0.717, 1.165) is 0 Å². The zero-order valence-electron chi connectivity index (χ0n) is 7.52.